The van der Waals surface area contributed by atoms with E-state index in [0.29, 0.717) is 25.2 Å². The standard InChI is InChI=1S/C22H24N4O2/c1-2-17-9-6-7-12-19(17)25-22(28)21(27)24-13-8-15-26-16-14-23-20(26)18-10-4-3-5-11-18/h3-7,9-12,14,16H,2,8,13,15H2,1H3,(H,24,27)(H,25,28). The molecule has 0 aliphatic rings. The van der Waals surface area contributed by atoms with Gasteiger partial charge in [0.2, 0.25) is 0 Å². The van der Waals surface area contributed by atoms with Crippen LogP contribution in [0.4, 0.5) is 5.69 Å². The van der Waals surface area contributed by atoms with Gasteiger partial charge in [-0.1, -0.05) is 55.5 Å². The van der Waals surface area contributed by atoms with Gasteiger partial charge in [-0.15, -0.1) is 0 Å². The van der Waals surface area contributed by atoms with E-state index in [2.05, 4.69) is 15.6 Å². The Morgan fingerprint density at radius 3 is 2.54 bits per heavy atom. The van der Waals surface area contributed by atoms with Gasteiger partial charge >= 0.3 is 11.8 Å². The number of aryl methyl sites for hydroxylation is 2. The summed E-state index contributed by atoms with van der Waals surface area (Å²) >= 11 is 0. The van der Waals surface area contributed by atoms with E-state index in [-0.39, 0.29) is 0 Å². The molecule has 0 atom stereocenters. The van der Waals surface area contributed by atoms with Gasteiger partial charge in [-0.25, -0.2) is 4.98 Å². The normalized spacial score (nSPS) is 10.5. The number of nitrogens with zero attached hydrogens (tertiary/aromatic N) is 2. The lowest BCUT2D eigenvalue weighted by molar-refractivity contribution is -0.136. The summed E-state index contributed by atoms with van der Waals surface area (Å²) in [6.45, 7) is 3.11. The predicted molar refractivity (Wildman–Crippen MR) is 110 cm³/mol. The molecule has 3 rings (SSSR count). The second-order valence-corrected chi connectivity index (χ2v) is 6.38. The van der Waals surface area contributed by atoms with E-state index in [4.69, 9.17) is 0 Å². The van der Waals surface area contributed by atoms with Crippen LogP contribution in [0.15, 0.2) is 67.0 Å². The number of hydrogen-bond acceptors (Lipinski definition) is 3. The summed E-state index contributed by atoms with van der Waals surface area (Å²) in [5.74, 6) is -0.380. The number of carbonyl (C=O) groups is 2. The molecule has 0 saturated carbocycles. The SMILES string of the molecule is CCc1ccccc1NC(=O)C(=O)NCCCn1ccnc1-c1ccccc1. The van der Waals surface area contributed by atoms with E-state index >= 15 is 0 Å². The fraction of sp³-hybridized carbons (Fsp3) is 0.227. The molecule has 0 fully saturated rings. The second-order valence-electron chi connectivity index (χ2n) is 6.38. The number of benzene rings is 2. The summed E-state index contributed by atoms with van der Waals surface area (Å²) in [7, 11) is 0. The molecular weight excluding hydrogens is 352 g/mol. The van der Waals surface area contributed by atoms with E-state index < -0.39 is 11.8 Å². The first-order chi connectivity index (χ1) is 13.7. The predicted octanol–water partition coefficient (Wildman–Crippen LogP) is 3.26. The molecular formula is C22H24N4O2. The first-order valence-electron chi connectivity index (χ1n) is 9.42. The monoisotopic (exact) mass is 376 g/mol. The zero-order valence-electron chi connectivity index (χ0n) is 15.9. The highest BCUT2D eigenvalue weighted by Crippen LogP contribution is 2.17. The molecule has 144 valence electrons. The lowest BCUT2D eigenvalue weighted by atomic mass is 10.1. The fourth-order valence-electron chi connectivity index (χ4n) is 3.00. The maximum Gasteiger partial charge on any atom is 0.313 e. The highest BCUT2D eigenvalue weighted by atomic mass is 16.2. The Balaban J connectivity index is 1.47. The van der Waals surface area contributed by atoms with Crippen molar-refractivity contribution in [3.63, 3.8) is 0 Å². The topological polar surface area (TPSA) is 76.0 Å². The molecule has 1 heterocycles. The zero-order chi connectivity index (χ0) is 19.8. The molecule has 0 aliphatic heterocycles. The quantitative estimate of drug-likeness (QED) is 0.491. The molecule has 3 aromatic rings. The number of anilines is 1. The Labute approximate surface area is 164 Å². The molecule has 6 heteroatoms. The highest BCUT2D eigenvalue weighted by molar-refractivity contribution is 6.39. The van der Waals surface area contributed by atoms with E-state index in [1.807, 2.05) is 66.2 Å². The Hall–Kier alpha value is -3.41. The number of hydrogen-bond donors (Lipinski definition) is 2. The summed E-state index contributed by atoms with van der Waals surface area (Å²) < 4.78 is 2.04. The Morgan fingerprint density at radius 2 is 1.75 bits per heavy atom. The molecule has 2 N–H and O–H groups in total. The summed E-state index contributed by atoms with van der Waals surface area (Å²) in [4.78, 5) is 28.6. The van der Waals surface area contributed by atoms with Crippen molar-refractivity contribution < 1.29 is 9.59 Å². The lowest BCUT2D eigenvalue weighted by Gasteiger charge is -2.11. The van der Waals surface area contributed by atoms with Gasteiger partial charge in [0.05, 0.1) is 0 Å². The zero-order valence-corrected chi connectivity index (χ0v) is 15.9. The number of amides is 2. The molecule has 2 amide bonds. The van der Waals surface area contributed by atoms with Crippen LogP contribution in [-0.4, -0.2) is 27.9 Å². The number of nitrogens with one attached hydrogen (secondary N) is 2. The van der Waals surface area contributed by atoms with Crippen molar-refractivity contribution in [2.24, 2.45) is 0 Å². The summed E-state index contributed by atoms with van der Waals surface area (Å²) in [6.07, 6.45) is 5.16. The third-order valence-corrected chi connectivity index (χ3v) is 4.46. The molecule has 0 aliphatic carbocycles. The van der Waals surface area contributed by atoms with Crippen LogP contribution in [0.25, 0.3) is 11.4 Å². The van der Waals surface area contributed by atoms with Crippen LogP contribution >= 0.6 is 0 Å². The maximum atomic E-state index is 12.1. The van der Waals surface area contributed by atoms with Crippen molar-refractivity contribution >= 4 is 17.5 Å². The number of carbonyl (C=O) groups excluding carboxylic acids is 2. The van der Waals surface area contributed by atoms with Crippen molar-refractivity contribution in [1.82, 2.24) is 14.9 Å². The maximum absolute atomic E-state index is 12.1. The Morgan fingerprint density at radius 1 is 1.00 bits per heavy atom. The lowest BCUT2D eigenvalue weighted by Crippen LogP contribution is -2.36. The molecule has 0 saturated heterocycles. The van der Waals surface area contributed by atoms with Gasteiger partial charge in [-0.3, -0.25) is 9.59 Å². The van der Waals surface area contributed by atoms with E-state index in [1.165, 1.54) is 0 Å². The van der Waals surface area contributed by atoms with Gasteiger partial charge in [0, 0.05) is 36.7 Å². The minimum atomic E-state index is -0.645. The number of para-hydroxylation sites is 1. The van der Waals surface area contributed by atoms with Crippen molar-refractivity contribution in [2.45, 2.75) is 26.3 Å². The van der Waals surface area contributed by atoms with Crippen LogP contribution in [0.2, 0.25) is 0 Å². The van der Waals surface area contributed by atoms with Gasteiger partial charge in [0.15, 0.2) is 0 Å². The largest absolute Gasteiger partial charge is 0.348 e. The van der Waals surface area contributed by atoms with Crippen LogP contribution in [0, 0.1) is 0 Å². The van der Waals surface area contributed by atoms with Crippen molar-refractivity contribution in [3.8, 4) is 11.4 Å². The molecule has 2 aromatic carbocycles. The van der Waals surface area contributed by atoms with Crippen molar-refractivity contribution in [1.29, 1.82) is 0 Å². The van der Waals surface area contributed by atoms with E-state index in [0.717, 1.165) is 23.4 Å². The fourth-order valence-corrected chi connectivity index (χ4v) is 3.00. The van der Waals surface area contributed by atoms with Gasteiger partial charge in [0.25, 0.3) is 0 Å². The summed E-state index contributed by atoms with van der Waals surface area (Å²) in [5.41, 5.74) is 2.72. The third-order valence-electron chi connectivity index (χ3n) is 4.46. The third kappa shape index (κ3) is 4.85. The first kappa shape index (κ1) is 19.4. The van der Waals surface area contributed by atoms with Crippen LogP contribution in [0.3, 0.4) is 0 Å². The smallest absolute Gasteiger partial charge is 0.313 e. The molecule has 6 nitrogen and oxygen atoms in total. The molecule has 28 heavy (non-hydrogen) atoms. The Bertz CT molecular complexity index is 934. The highest BCUT2D eigenvalue weighted by Gasteiger charge is 2.14. The molecule has 1 aromatic heterocycles. The van der Waals surface area contributed by atoms with Crippen LogP contribution in [0.5, 0.6) is 0 Å². The molecule has 0 radical (unpaired) electrons. The van der Waals surface area contributed by atoms with Gasteiger partial charge in [-0.2, -0.15) is 0 Å². The Kier molecular flexibility index (Phi) is 6.57. The molecule has 0 unspecified atom stereocenters. The minimum absolute atomic E-state index is 0.411. The van der Waals surface area contributed by atoms with Gasteiger partial charge in [-0.05, 0) is 24.5 Å². The van der Waals surface area contributed by atoms with Crippen molar-refractivity contribution in [2.75, 3.05) is 11.9 Å². The van der Waals surface area contributed by atoms with Crippen LogP contribution < -0.4 is 10.6 Å². The first-order valence-corrected chi connectivity index (χ1v) is 9.42. The molecule has 0 bridgehead atoms. The average molecular weight is 376 g/mol. The average Bonchev–Trinajstić information content (AvgIpc) is 3.20. The van der Waals surface area contributed by atoms with Crippen LogP contribution in [0.1, 0.15) is 18.9 Å². The van der Waals surface area contributed by atoms with Crippen LogP contribution in [-0.2, 0) is 22.6 Å². The number of imidazole rings is 1. The van der Waals surface area contributed by atoms with E-state index in [9.17, 15) is 9.59 Å². The summed E-state index contributed by atoms with van der Waals surface area (Å²) in [5, 5.41) is 5.36. The summed E-state index contributed by atoms with van der Waals surface area (Å²) in [6, 6.07) is 17.4. The second kappa shape index (κ2) is 9.50. The number of rotatable bonds is 7. The van der Waals surface area contributed by atoms with Gasteiger partial charge in [0.1, 0.15) is 5.82 Å². The van der Waals surface area contributed by atoms with Crippen molar-refractivity contribution in [3.05, 3.63) is 72.6 Å². The number of aromatic nitrogens is 2. The van der Waals surface area contributed by atoms with E-state index in [1.54, 1.807) is 12.3 Å². The minimum Gasteiger partial charge on any atom is -0.348 e. The molecule has 0 spiro atoms. The van der Waals surface area contributed by atoms with Gasteiger partial charge < -0.3 is 15.2 Å².